The van der Waals surface area contributed by atoms with Crippen LogP contribution < -0.4 is 0 Å². The maximum absolute atomic E-state index is 13.0. The molecule has 1 heterocycles. The average Bonchev–Trinajstić information content (AvgIpc) is 3.42. The number of rotatable bonds is 6. The zero-order valence-electron chi connectivity index (χ0n) is 15.0. The molecule has 4 rings (SSSR count). The lowest BCUT2D eigenvalue weighted by molar-refractivity contribution is 0.0723. The Bertz CT molecular complexity index is 996. The van der Waals surface area contributed by atoms with E-state index in [0.29, 0.717) is 33.7 Å². The first-order valence-corrected chi connectivity index (χ1v) is 10.1. The number of hydrogen-bond donors (Lipinski definition) is 0. The van der Waals surface area contributed by atoms with Crippen LogP contribution in [0.4, 0.5) is 0 Å². The van der Waals surface area contributed by atoms with Crippen LogP contribution in [0.1, 0.15) is 34.6 Å². The van der Waals surface area contributed by atoms with Crippen LogP contribution in [0, 0.1) is 0 Å². The fourth-order valence-corrected chi connectivity index (χ4v) is 3.73. The van der Waals surface area contributed by atoms with Crippen molar-refractivity contribution in [3.05, 3.63) is 86.9 Å². The molecular formula is C21H18Cl3N3O. The van der Waals surface area contributed by atoms with E-state index in [4.69, 9.17) is 34.8 Å². The molecule has 4 nitrogen and oxygen atoms in total. The van der Waals surface area contributed by atoms with Gasteiger partial charge in [-0.3, -0.25) is 4.79 Å². The van der Waals surface area contributed by atoms with E-state index in [0.717, 1.165) is 24.2 Å². The van der Waals surface area contributed by atoms with Gasteiger partial charge in [0, 0.05) is 39.1 Å². The number of carbonyl (C=O) groups excluding carboxylic acids is 1. The molecule has 1 aliphatic carbocycles. The molecule has 0 N–H and O–H groups in total. The van der Waals surface area contributed by atoms with Gasteiger partial charge in [-0.25, -0.2) is 4.98 Å². The molecule has 1 fully saturated rings. The van der Waals surface area contributed by atoms with Crippen molar-refractivity contribution in [2.75, 3.05) is 0 Å². The minimum absolute atomic E-state index is 0.00163. The summed E-state index contributed by atoms with van der Waals surface area (Å²) in [6.45, 7) is 1.02. The number of imidazole rings is 1. The van der Waals surface area contributed by atoms with Gasteiger partial charge in [0.2, 0.25) is 0 Å². The van der Waals surface area contributed by atoms with Crippen LogP contribution in [0.2, 0.25) is 15.1 Å². The Morgan fingerprint density at radius 1 is 1.07 bits per heavy atom. The third kappa shape index (κ3) is 4.35. The molecule has 2 aromatic carbocycles. The van der Waals surface area contributed by atoms with E-state index in [-0.39, 0.29) is 11.9 Å². The number of nitrogens with zero attached hydrogens (tertiary/aromatic N) is 3. The van der Waals surface area contributed by atoms with E-state index in [1.54, 1.807) is 36.5 Å². The second kappa shape index (κ2) is 8.16. The maximum Gasteiger partial charge on any atom is 0.254 e. The number of benzene rings is 2. The Hall–Kier alpha value is -2.01. The standard InChI is InChI=1S/C21H18Cl3N3O/c22-16-4-1-14(2-5-16)21(28)27(18-7-8-18)13-20-25-9-10-26(20)12-15-3-6-17(23)11-19(15)24/h1-6,9-11,18H,7-8,12-13H2. The molecule has 7 heteroatoms. The molecule has 0 saturated heterocycles. The predicted molar refractivity (Wildman–Crippen MR) is 112 cm³/mol. The predicted octanol–water partition coefficient (Wildman–Crippen LogP) is 5.70. The summed E-state index contributed by atoms with van der Waals surface area (Å²) in [5.74, 6) is 0.818. The Balaban J connectivity index is 1.55. The molecule has 1 aromatic heterocycles. The van der Waals surface area contributed by atoms with E-state index >= 15 is 0 Å². The molecule has 0 radical (unpaired) electrons. The third-order valence-electron chi connectivity index (χ3n) is 4.81. The van der Waals surface area contributed by atoms with Gasteiger partial charge in [0.05, 0.1) is 13.1 Å². The lowest BCUT2D eigenvalue weighted by Crippen LogP contribution is -2.33. The number of aromatic nitrogens is 2. The summed E-state index contributed by atoms with van der Waals surface area (Å²) in [7, 11) is 0. The number of halogens is 3. The van der Waals surface area contributed by atoms with Gasteiger partial charge in [0.15, 0.2) is 0 Å². The highest BCUT2D eigenvalue weighted by Crippen LogP contribution is 2.30. The molecule has 1 amide bonds. The van der Waals surface area contributed by atoms with Crippen molar-refractivity contribution in [1.82, 2.24) is 14.5 Å². The zero-order chi connectivity index (χ0) is 19.7. The van der Waals surface area contributed by atoms with E-state index in [1.807, 2.05) is 27.8 Å². The van der Waals surface area contributed by atoms with Gasteiger partial charge in [0.1, 0.15) is 5.82 Å². The molecule has 1 aliphatic rings. The van der Waals surface area contributed by atoms with Gasteiger partial charge in [-0.1, -0.05) is 40.9 Å². The second-order valence-electron chi connectivity index (χ2n) is 6.88. The summed E-state index contributed by atoms with van der Waals surface area (Å²) in [6, 6.07) is 12.7. The molecule has 0 spiro atoms. The average molecular weight is 435 g/mol. The monoisotopic (exact) mass is 433 g/mol. The normalized spacial score (nSPS) is 13.5. The molecule has 3 aromatic rings. The topological polar surface area (TPSA) is 38.1 Å². The minimum Gasteiger partial charge on any atom is -0.329 e. The van der Waals surface area contributed by atoms with E-state index < -0.39 is 0 Å². The summed E-state index contributed by atoms with van der Waals surface area (Å²) >= 11 is 18.3. The number of carbonyl (C=O) groups is 1. The van der Waals surface area contributed by atoms with E-state index in [1.165, 1.54) is 0 Å². The van der Waals surface area contributed by atoms with Crippen LogP contribution in [0.3, 0.4) is 0 Å². The summed E-state index contributed by atoms with van der Waals surface area (Å²) in [5.41, 5.74) is 1.59. The zero-order valence-corrected chi connectivity index (χ0v) is 17.3. The third-order valence-corrected chi connectivity index (χ3v) is 5.65. The first-order valence-electron chi connectivity index (χ1n) is 9.02. The number of amides is 1. The highest BCUT2D eigenvalue weighted by Gasteiger charge is 2.34. The van der Waals surface area contributed by atoms with Crippen LogP contribution >= 0.6 is 34.8 Å². The molecule has 0 unspecified atom stereocenters. The highest BCUT2D eigenvalue weighted by molar-refractivity contribution is 6.35. The van der Waals surface area contributed by atoms with Crippen LogP contribution in [0.15, 0.2) is 54.9 Å². The van der Waals surface area contributed by atoms with Crippen molar-refractivity contribution in [2.45, 2.75) is 32.0 Å². The lowest BCUT2D eigenvalue weighted by Gasteiger charge is -2.23. The van der Waals surface area contributed by atoms with Crippen molar-refractivity contribution < 1.29 is 4.79 Å². The highest BCUT2D eigenvalue weighted by atomic mass is 35.5. The largest absolute Gasteiger partial charge is 0.329 e. The van der Waals surface area contributed by atoms with Crippen LogP contribution in [0.5, 0.6) is 0 Å². The lowest BCUT2D eigenvalue weighted by atomic mass is 10.2. The van der Waals surface area contributed by atoms with Gasteiger partial charge in [0.25, 0.3) is 5.91 Å². The molecule has 144 valence electrons. The molecule has 0 aliphatic heterocycles. The van der Waals surface area contributed by atoms with Crippen molar-refractivity contribution >= 4 is 40.7 Å². The molecule has 28 heavy (non-hydrogen) atoms. The minimum atomic E-state index is -0.00163. The Morgan fingerprint density at radius 3 is 2.46 bits per heavy atom. The van der Waals surface area contributed by atoms with Gasteiger partial charge >= 0.3 is 0 Å². The van der Waals surface area contributed by atoms with Crippen LogP contribution in [-0.2, 0) is 13.1 Å². The van der Waals surface area contributed by atoms with Crippen molar-refractivity contribution in [3.63, 3.8) is 0 Å². The van der Waals surface area contributed by atoms with Crippen molar-refractivity contribution in [2.24, 2.45) is 0 Å². The van der Waals surface area contributed by atoms with Crippen molar-refractivity contribution in [3.8, 4) is 0 Å². The summed E-state index contributed by atoms with van der Waals surface area (Å²) < 4.78 is 2.01. The Morgan fingerprint density at radius 2 is 1.79 bits per heavy atom. The molecule has 1 saturated carbocycles. The van der Waals surface area contributed by atoms with Gasteiger partial charge < -0.3 is 9.47 Å². The molecule has 0 bridgehead atoms. The summed E-state index contributed by atoms with van der Waals surface area (Å²) in [4.78, 5) is 19.4. The quantitative estimate of drug-likeness (QED) is 0.499. The Kier molecular flexibility index (Phi) is 5.63. The van der Waals surface area contributed by atoms with Crippen LogP contribution in [-0.4, -0.2) is 26.4 Å². The van der Waals surface area contributed by atoms with Crippen LogP contribution in [0.25, 0.3) is 0 Å². The first-order chi connectivity index (χ1) is 13.5. The van der Waals surface area contributed by atoms with Crippen molar-refractivity contribution in [1.29, 1.82) is 0 Å². The maximum atomic E-state index is 13.0. The van der Waals surface area contributed by atoms with Gasteiger partial charge in [-0.15, -0.1) is 0 Å². The molecule has 0 atom stereocenters. The fraction of sp³-hybridized carbons (Fsp3) is 0.238. The van der Waals surface area contributed by atoms with Gasteiger partial charge in [-0.05, 0) is 54.8 Å². The first kappa shape index (κ1) is 19.3. The summed E-state index contributed by atoms with van der Waals surface area (Å²) in [6.07, 6.45) is 5.68. The Labute approximate surface area is 178 Å². The SMILES string of the molecule is O=C(c1ccc(Cl)cc1)N(Cc1nccn1Cc1ccc(Cl)cc1Cl)C1CC1. The fourth-order valence-electron chi connectivity index (χ4n) is 3.13. The smallest absolute Gasteiger partial charge is 0.254 e. The number of hydrogen-bond acceptors (Lipinski definition) is 2. The summed E-state index contributed by atoms with van der Waals surface area (Å²) in [5, 5.41) is 1.83. The second-order valence-corrected chi connectivity index (χ2v) is 8.16. The van der Waals surface area contributed by atoms with E-state index in [9.17, 15) is 4.79 Å². The van der Waals surface area contributed by atoms with Gasteiger partial charge in [-0.2, -0.15) is 0 Å². The van der Waals surface area contributed by atoms with E-state index in [2.05, 4.69) is 4.98 Å². The molecular weight excluding hydrogens is 417 g/mol.